The van der Waals surface area contributed by atoms with Crippen LogP contribution in [0.2, 0.25) is 0 Å². The number of phenols is 1. The SMILES string of the molecule is N[C@@H](c1c(Br)cc(Br)c(O)c1Br)C1CCCCC1. The molecule has 1 aliphatic rings. The van der Waals surface area contributed by atoms with Crippen molar-refractivity contribution >= 4 is 47.8 Å². The van der Waals surface area contributed by atoms with Gasteiger partial charge in [0.1, 0.15) is 5.75 Å². The standard InChI is InChI=1S/C13H16Br3NO/c14-8-6-9(15)13(18)11(16)10(8)12(17)7-4-2-1-3-5-7/h6-7,12,18H,1-5,17H2/t12-/m1/s1. The molecule has 18 heavy (non-hydrogen) atoms. The molecule has 5 heteroatoms. The van der Waals surface area contributed by atoms with E-state index in [0.29, 0.717) is 14.9 Å². The summed E-state index contributed by atoms with van der Waals surface area (Å²) in [6.45, 7) is 0. The Bertz CT molecular complexity index is 444. The highest BCUT2D eigenvalue weighted by Gasteiger charge is 2.26. The molecule has 0 heterocycles. The highest BCUT2D eigenvalue weighted by Crippen LogP contribution is 2.45. The zero-order chi connectivity index (χ0) is 13.3. The summed E-state index contributed by atoms with van der Waals surface area (Å²) in [4.78, 5) is 0. The second-order valence-corrected chi connectivity index (χ2v) is 7.34. The number of nitrogens with two attached hydrogens (primary N) is 1. The molecule has 0 spiro atoms. The Morgan fingerprint density at radius 2 is 1.72 bits per heavy atom. The first kappa shape index (κ1) is 14.8. The highest BCUT2D eigenvalue weighted by atomic mass is 79.9. The van der Waals surface area contributed by atoms with Gasteiger partial charge < -0.3 is 10.8 Å². The van der Waals surface area contributed by atoms with Gasteiger partial charge in [0, 0.05) is 16.1 Å². The first-order chi connectivity index (χ1) is 8.52. The van der Waals surface area contributed by atoms with E-state index in [1.807, 2.05) is 6.07 Å². The Morgan fingerprint density at radius 3 is 2.33 bits per heavy atom. The van der Waals surface area contributed by atoms with Crippen molar-refractivity contribution in [2.24, 2.45) is 11.7 Å². The van der Waals surface area contributed by atoms with Gasteiger partial charge in [-0.25, -0.2) is 0 Å². The fourth-order valence-electron chi connectivity index (χ4n) is 2.63. The molecule has 1 fully saturated rings. The zero-order valence-electron chi connectivity index (χ0n) is 9.93. The lowest BCUT2D eigenvalue weighted by Gasteiger charge is -2.29. The van der Waals surface area contributed by atoms with Crippen LogP contribution in [-0.4, -0.2) is 5.11 Å². The fraction of sp³-hybridized carbons (Fsp3) is 0.538. The van der Waals surface area contributed by atoms with E-state index in [-0.39, 0.29) is 11.8 Å². The largest absolute Gasteiger partial charge is 0.506 e. The van der Waals surface area contributed by atoms with Crippen LogP contribution in [0.3, 0.4) is 0 Å². The van der Waals surface area contributed by atoms with Crippen molar-refractivity contribution in [1.82, 2.24) is 0 Å². The van der Waals surface area contributed by atoms with Crippen molar-refractivity contribution in [3.05, 3.63) is 25.0 Å². The third kappa shape index (κ3) is 2.94. The predicted octanol–water partition coefficient (Wildman–Crippen LogP) is 5.26. The number of hydrogen-bond acceptors (Lipinski definition) is 2. The maximum absolute atomic E-state index is 9.99. The molecule has 0 aliphatic heterocycles. The van der Waals surface area contributed by atoms with Gasteiger partial charge in [-0.1, -0.05) is 35.2 Å². The third-order valence-corrected chi connectivity index (χ3v) is 5.74. The summed E-state index contributed by atoms with van der Waals surface area (Å²) in [6, 6.07) is 1.83. The molecule has 0 unspecified atom stereocenters. The molecule has 1 aliphatic carbocycles. The molecule has 2 nitrogen and oxygen atoms in total. The van der Waals surface area contributed by atoms with Crippen molar-refractivity contribution in [2.45, 2.75) is 38.1 Å². The number of hydrogen-bond donors (Lipinski definition) is 2. The summed E-state index contributed by atoms with van der Waals surface area (Å²) in [5, 5.41) is 9.99. The van der Waals surface area contributed by atoms with Gasteiger partial charge in [0.15, 0.2) is 0 Å². The number of halogens is 3. The molecule has 0 amide bonds. The summed E-state index contributed by atoms with van der Waals surface area (Å²) in [6.07, 6.45) is 6.19. The van der Waals surface area contributed by atoms with Crippen LogP contribution in [0.25, 0.3) is 0 Å². The molecule has 1 atom stereocenters. The molecule has 1 aromatic rings. The maximum atomic E-state index is 9.99. The van der Waals surface area contributed by atoms with E-state index in [1.165, 1.54) is 32.1 Å². The second-order valence-electron chi connectivity index (χ2n) is 4.84. The second kappa shape index (κ2) is 6.25. The lowest BCUT2D eigenvalue weighted by Crippen LogP contribution is -2.24. The Balaban J connectivity index is 2.34. The van der Waals surface area contributed by atoms with Crippen molar-refractivity contribution in [1.29, 1.82) is 0 Å². The van der Waals surface area contributed by atoms with Gasteiger partial charge in [-0.05, 0) is 56.7 Å². The molecule has 0 saturated heterocycles. The Kier molecular flexibility index (Phi) is 5.14. The Morgan fingerprint density at radius 1 is 1.11 bits per heavy atom. The van der Waals surface area contributed by atoms with E-state index < -0.39 is 0 Å². The van der Waals surface area contributed by atoms with Gasteiger partial charge in [-0.15, -0.1) is 0 Å². The number of phenolic OH excluding ortho intramolecular Hbond substituents is 1. The van der Waals surface area contributed by atoms with E-state index in [4.69, 9.17) is 5.73 Å². The summed E-state index contributed by atoms with van der Waals surface area (Å²) in [7, 11) is 0. The molecule has 1 aromatic carbocycles. The van der Waals surface area contributed by atoms with Gasteiger partial charge in [0.25, 0.3) is 0 Å². The van der Waals surface area contributed by atoms with Gasteiger partial charge in [0.2, 0.25) is 0 Å². The van der Waals surface area contributed by atoms with Gasteiger partial charge >= 0.3 is 0 Å². The van der Waals surface area contributed by atoms with E-state index in [9.17, 15) is 5.11 Å². The molecule has 3 N–H and O–H groups in total. The normalized spacial score (nSPS) is 18.9. The minimum atomic E-state index is -0.0342. The summed E-state index contributed by atoms with van der Waals surface area (Å²) < 4.78 is 2.31. The Labute approximate surface area is 133 Å². The highest BCUT2D eigenvalue weighted by molar-refractivity contribution is 9.11. The van der Waals surface area contributed by atoms with Crippen molar-refractivity contribution in [2.75, 3.05) is 0 Å². The number of aromatic hydroxyl groups is 1. The van der Waals surface area contributed by atoms with E-state index in [0.717, 1.165) is 10.0 Å². The van der Waals surface area contributed by atoms with E-state index in [1.54, 1.807) is 0 Å². The fourth-order valence-corrected chi connectivity index (χ4v) is 5.28. The number of rotatable bonds is 2. The van der Waals surface area contributed by atoms with Crippen molar-refractivity contribution < 1.29 is 5.11 Å². The van der Waals surface area contributed by atoms with Crippen LogP contribution in [0.4, 0.5) is 0 Å². The van der Waals surface area contributed by atoms with Crippen LogP contribution < -0.4 is 5.73 Å². The molecular formula is C13H16Br3NO. The van der Waals surface area contributed by atoms with Crippen LogP contribution in [0.1, 0.15) is 43.7 Å². The molecule has 2 rings (SSSR count). The zero-order valence-corrected chi connectivity index (χ0v) is 14.7. The summed E-state index contributed by atoms with van der Waals surface area (Å²) >= 11 is 10.3. The number of benzene rings is 1. The first-order valence-corrected chi connectivity index (χ1v) is 8.52. The van der Waals surface area contributed by atoms with Crippen molar-refractivity contribution in [3.8, 4) is 5.75 Å². The molecule has 1 saturated carbocycles. The van der Waals surface area contributed by atoms with Crippen LogP contribution in [0.15, 0.2) is 19.5 Å². The predicted molar refractivity (Wildman–Crippen MR) is 84.7 cm³/mol. The van der Waals surface area contributed by atoms with E-state index >= 15 is 0 Å². The third-order valence-electron chi connectivity index (χ3n) is 3.67. The van der Waals surface area contributed by atoms with Crippen LogP contribution in [0.5, 0.6) is 5.75 Å². The van der Waals surface area contributed by atoms with Gasteiger partial charge in [-0.2, -0.15) is 0 Å². The summed E-state index contributed by atoms with van der Waals surface area (Å²) in [5.74, 6) is 0.728. The van der Waals surface area contributed by atoms with Crippen LogP contribution in [-0.2, 0) is 0 Å². The van der Waals surface area contributed by atoms with Crippen LogP contribution >= 0.6 is 47.8 Å². The molecule has 0 radical (unpaired) electrons. The van der Waals surface area contributed by atoms with Crippen molar-refractivity contribution in [3.63, 3.8) is 0 Å². The summed E-state index contributed by atoms with van der Waals surface area (Å²) in [5.41, 5.74) is 7.38. The molecular weight excluding hydrogens is 426 g/mol. The topological polar surface area (TPSA) is 46.2 Å². The van der Waals surface area contributed by atoms with Crippen LogP contribution in [0, 0.1) is 5.92 Å². The average Bonchev–Trinajstić information content (AvgIpc) is 2.37. The maximum Gasteiger partial charge on any atom is 0.144 e. The first-order valence-electron chi connectivity index (χ1n) is 6.14. The smallest absolute Gasteiger partial charge is 0.144 e. The molecule has 0 aromatic heterocycles. The quantitative estimate of drug-likeness (QED) is 0.657. The lowest BCUT2D eigenvalue weighted by atomic mass is 9.81. The minimum absolute atomic E-state index is 0.0342. The Hall–Kier alpha value is 0.420. The van der Waals surface area contributed by atoms with Gasteiger partial charge in [-0.3, -0.25) is 0 Å². The van der Waals surface area contributed by atoms with Gasteiger partial charge in [0.05, 0.1) is 8.95 Å². The average molecular weight is 442 g/mol. The van der Waals surface area contributed by atoms with E-state index in [2.05, 4.69) is 47.8 Å². The minimum Gasteiger partial charge on any atom is -0.506 e. The monoisotopic (exact) mass is 439 g/mol. The molecule has 100 valence electrons. The lowest BCUT2D eigenvalue weighted by molar-refractivity contribution is 0.306. The molecule has 0 bridgehead atoms.